The summed E-state index contributed by atoms with van der Waals surface area (Å²) in [5.74, 6) is -0.893. The molecule has 0 unspecified atom stereocenters. The van der Waals surface area contributed by atoms with E-state index >= 15 is 0 Å². The molecule has 1 atom stereocenters. The number of halogens is 1. The molecule has 1 aromatic carbocycles. The van der Waals surface area contributed by atoms with Gasteiger partial charge in [-0.25, -0.2) is 18.8 Å². The normalized spacial score (nSPS) is 11.8. The summed E-state index contributed by atoms with van der Waals surface area (Å²) in [5, 5.41) is 2.40. The van der Waals surface area contributed by atoms with Crippen LogP contribution in [0, 0.1) is 5.92 Å². The zero-order chi connectivity index (χ0) is 31.7. The molecule has 0 aliphatic heterocycles. The van der Waals surface area contributed by atoms with Crippen molar-refractivity contribution in [3.8, 4) is 0 Å². The smallest absolute Gasteiger partial charge is 0.412 e. The van der Waals surface area contributed by atoms with E-state index in [0.717, 1.165) is 23.3 Å². The van der Waals surface area contributed by atoms with Gasteiger partial charge in [0.2, 0.25) is 0 Å². The van der Waals surface area contributed by atoms with E-state index in [0.29, 0.717) is 0 Å². The number of hydrogen-bond acceptors (Lipinski definition) is 8. The molecule has 0 saturated carbocycles. The van der Waals surface area contributed by atoms with E-state index in [1.807, 2.05) is 32.0 Å². The molecule has 0 aliphatic carbocycles. The number of primary amides is 1. The van der Waals surface area contributed by atoms with E-state index in [9.17, 15) is 28.4 Å². The van der Waals surface area contributed by atoms with Crippen LogP contribution in [0.1, 0.15) is 65.9 Å². The minimum absolute atomic E-state index is 0.0214. The molecule has 42 heavy (non-hydrogen) atoms. The molecule has 0 aromatic heterocycles. The van der Waals surface area contributed by atoms with E-state index in [-0.39, 0.29) is 57.3 Å². The van der Waals surface area contributed by atoms with Crippen LogP contribution in [0.2, 0.25) is 0 Å². The quantitative estimate of drug-likeness (QED) is 0.201. The number of ketones is 1. The Morgan fingerprint density at radius 1 is 1.00 bits per heavy atom. The van der Waals surface area contributed by atoms with Crippen molar-refractivity contribution in [1.29, 1.82) is 0 Å². The number of alkyl halides is 1. The molecule has 12 nitrogen and oxygen atoms in total. The largest absolute Gasteiger partial charge is 0.445 e. The second kappa shape index (κ2) is 18.5. The topological polar surface area (TPSA) is 158 Å². The fraction of sp³-hybridized carbons (Fsp3) is 0.621. The van der Waals surface area contributed by atoms with Gasteiger partial charge in [-0.05, 0) is 32.3 Å². The number of nitrogens with one attached hydrogen (secondary N) is 1. The number of hydrogen-bond donors (Lipinski definition) is 2. The summed E-state index contributed by atoms with van der Waals surface area (Å²) in [7, 11) is 0. The van der Waals surface area contributed by atoms with Crippen LogP contribution < -0.4 is 11.1 Å². The summed E-state index contributed by atoms with van der Waals surface area (Å²) in [6.07, 6.45) is -3.16. The first-order chi connectivity index (χ1) is 19.8. The number of rotatable bonds is 17. The second-order valence-electron chi connectivity index (χ2n) is 10.7. The molecule has 0 fully saturated rings. The van der Waals surface area contributed by atoms with Gasteiger partial charge in [0.1, 0.15) is 12.2 Å². The Kier molecular flexibility index (Phi) is 15.9. The fourth-order valence-electron chi connectivity index (χ4n) is 3.82. The zero-order valence-corrected chi connectivity index (χ0v) is 25.2. The Labute approximate surface area is 247 Å². The van der Waals surface area contributed by atoms with Crippen LogP contribution >= 0.6 is 0 Å². The Balaban J connectivity index is 2.84. The Hall–Kier alpha value is -3.90. The number of nitrogens with two attached hydrogens (primary N) is 1. The summed E-state index contributed by atoms with van der Waals surface area (Å²) in [4.78, 5) is 64.1. The van der Waals surface area contributed by atoms with Gasteiger partial charge in [-0.3, -0.25) is 14.5 Å². The zero-order valence-electron chi connectivity index (χ0n) is 25.2. The van der Waals surface area contributed by atoms with Crippen molar-refractivity contribution in [3.63, 3.8) is 0 Å². The highest BCUT2D eigenvalue weighted by Crippen LogP contribution is 2.16. The fourth-order valence-corrected chi connectivity index (χ4v) is 3.82. The predicted molar refractivity (Wildman–Crippen MR) is 153 cm³/mol. The van der Waals surface area contributed by atoms with Gasteiger partial charge in [0.05, 0.1) is 6.54 Å². The molecule has 1 aromatic rings. The van der Waals surface area contributed by atoms with Gasteiger partial charge in [-0.1, -0.05) is 57.0 Å². The Bertz CT molecular complexity index is 1010. The molecular formula is C29H45FN4O8. The molecule has 0 spiro atoms. The number of ether oxygens (including phenoxy) is 3. The van der Waals surface area contributed by atoms with Gasteiger partial charge in [0.15, 0.2) is 18.7 Å². The molecule has 1 rings (SSSR count). The van der Waals surface area contributed by atoms with Gasteiger partial charge < -0.3 is 30.2 Å². The van der Waals surface area contributed by atoms with Gasteiger partial charge in [-0.15, -0.1) is 0 Å². The first-order valence-electron chi connectivity index (χ1n) is 14.0. The number of nitrogens with zero attached hydrogens (tertiary/aromatic N) is 2. The summed E-state index contributed by atoms with van der Waals surface area (Å²) < 4.78 is 28.9. The molecule has 0 aliphatic rings. The maximum Gasteiger partial charge on any atom is 0.412 e. The lowest BCUT2D eigenvalue weighted by molar-refractivity contribution is -0.142. The highest BCUT2D eigenvalue weighted by molar-refractivity contribution is 5.86. The molecule has 0 radical (unpaired) electrons. The minimum Gasteiger partial charge on any atom is -0.445 e. The number of carbonyl (C=O) groups is 5. The first kappa shape index (κ1) is 36.1. The van der Waals surface area contributed by atoms with Crippen LogP contribution in [0.25, 0.3) is 0 Å². The molecule has 4 amide bonds. The maximum atomic E-state index is 13.6. The molecule has 0 saturated heterocycles. The highest BCUT2D eigenvalue weighted by Gasteiger charge is 2.31. The van der Waals surface area contributed by atoms with Crippen LogP contribution in [-0.4, -0.2) is 84.5 Å². The first-order valence-corrected chi connectivity index (χ1v) is 14.0. The molecule has 0 heterocycles. The van der Waals surface area contributed by atoms with Crippen LogP contribution in [0.5, 0.6) is 0 Å². The molecule has 3 N–H and O–H groups in total. The van der Waals surface area contributed by atoms with Gasteiger partial charge in [0, 0.05) is 32.5 Å². The van der Waals surface area contributed by atoms with E-state index in [1.165, 1.54) is 4.90 Å². The molecule has 0 bridgehead atoms. The Morgan fingerprint density at radius 3 is 2.19 bits per heavy atom. The second-order valence-corrected chi connectivity index (χ2v) is 10.7. The van der Waals surface area contributed by atoms with E-state index in [2.05, 4.69) is 5.32 Å². The van der Waals surface area contributed by atoms with Crippen molar-refractivity contribution < 1.29 is 42.6 Å². The molecule has 236 valence electrons. The van der Waals surface area contributed by atoms with Crippen molar-refractivity contribution in [2.45, 2.75) is 78.6 Å². The summed E-state index contributed by atoms with van der Waals surface area (Å²) >= 11 is 0. The Morgan fingerprint density at radius 2 is 1.64 bits per heavy atom. The van der Waals surface area contributed by atoms with Crippen LogP contribution in [0.15, 0.2) is 30.3 Å². The SMILES string of the molecule is CCC(CC)CN(CCC(=O)CNC(=O)OCc1ccccc1)C(=O)[C@H](CCN(CF)C(=O)OC(C)(C)C)OC(N)=O. The average molecular weight is 597 g/mol. The highest BCUT2D eigenvalue weighted by atomic mass is 19.1. The van der Waals surface area contributed by atoms with Crippen molar-refractivity contribution in [2.24, 2.45) is 11.7 Å². The van der Waals surface area contributed by atoms with E-state index in [1.54, 1.807) is 32.9 Å². The summed E-state index contributed by atoms with van der Waals surface area (Å²) in [5.41, 5.74) is 5.13. The number of benzene rings is 1. The van der Waals surface area contributed by atoms with Crippen molar-refractivity contribution >= 4 is 30.0 Å². The van der Waals surface area contributed by atoms with E-state index < -0.39 is 42.7 Å². The summed E-state index contributed by atoms with van der Waals surface area (Å²) in [6.45, 7) is 7.33. The third-order valence-electron chi connectivity index (χ3n) is 6.24. The van der Waals surface area contributed by atoms with Gasteiger partial charge >= 0.3 is 18.3 Å². The number of alkyl carbamates (subject to hydrolysis) is 1. The van der Waals surface area contributed by atoms with Crippen molar-refractivity contribution in [2.75, 3.05) is 33.0 Å². The molecular weight excluding hydrogens is 551 g/mol. The number of Topliss-reactive ketones (excluding diaryl/α,β-unsaturated/α-hetero) is 1. The lowest BCUT2D eigenvalue weighted by atomic mass is 10.0. The lowest BCUT2D eigenvalue weighted by Crippen LogP contribution is -2.47. The monoisotopic (exact) mass is 596 g/mol. The predicted octanol–water partition coefficient (Wildman–Crippen LogP) is 4.15. The minimum atomic E-state index is -1.42. The summed E-state index contributed by atoms with van der Waals surface area (Å²) in [6, 6.07) is 9.06. The number of amides is 4. The standard InChI is InChI=1S/C29H45FN4O8/c1-6-21(7-2)18-33(15-13-23(35)17-32-27(38)40-19-22-11-9-8-10-12-22)25(36)24(41-26(31)37)14-16-34(20-30)28(39)42-29(3,4)5/h8-12,21,24H,6-7,13-20H2,1-5H3,(H2,31,37)(H,32,38)/t24-/m0/s1. The number of carbonyl (C=O) groups excluding carboxylic acids is 5. The third kappa shape index (κ3) is 14.6. The maximum absolute atomic E-state index is 13.6. The molecule has 13 heteroatoms. The van der Waals surface area contributed by atoms with Gasteiger partial charge in [0.25, 0.3) is 5.91 Å². The van der Waals surface area contributed by atoms with Crippen LogP contribution in [0.3, 0.4) is 0 Å². The van der Waals surface area contributed by atoms with Gasteiger partial charge in [-0.2, -0.15) is 0 Å². The van der Waals surface area contributed by atoms with Crippen LogP contribution in [0.4, 0.5) is 18.8 Å². The van der Waals surface area contributed by atoms with Crippen molar-refractivity contribution in [1.82, 2.24) is 15.1 Å². The van der Waals surface area contributed by atoms with E-state index in [4.69, 9.17) is 19.9 Å². The van der Waals surface area contributed by atoms with Crippen LogP contribution in [-0.2, 0) is 30.4 Å². The average Bonchev–Trinajstić information content (AvgIpc) is 2.93. The lowest BCUT2D eigenvalue weighted by Gasteiger charge is -2.31. The third-order valence-corrected chi connectivity index (χ3v) is 6.24. The van der Waals surface area contributed by atoms with Crippen molar-refractivity contribution in [3.05, 3.63) is 35.9 Å².